The summed E-state index contributed by atoms with van der Waals surface area (Å²) in [6.07, 6.45) is 1.47. The zero-order valence-electron chi connectivity index (χ0n) is 12.1. The van der Waals surface area contributed by atoms with E-state index in [4.69, 9.17) is 9.29 Å². The monoisotopic (exact) mass is 327 g/mol. The van der Waals surface area contributed by atoms with Crippen molar-refractivity contribution < 1.29 is 32.1 Å². The summed E-state index contributed by atoms with van der Waals surface area (Å²) in [7, 11) is -4.55. The van der Waals surface area contributed by atoms with Gasteiger partial charge in [0.2, 0.25) is 0 Å². The number of rotatable bonds is 9. The zero-order chi connectivity index (χ0) is 15.9. The Labute approximate surface area is 125 Å². The summed E-state index contributed by atoms with van der Waals surface area (Å²) in [6, 6.07) is -0.617. The fourth-order valence-corrected chi connectivity index (χ4v) is 2.59. The summed E-state index contributed by atoms with van der Waals surface area (Å²) < 4.78 is 38.8. The van der Waals surface area contributed by atoms with Crippen LogP contribution in [0, 0.1) is 0 Å². The fourth-order valence-electron chi connectivity index (χ4n) is 2.27. The van der Waals surface area contributed by atoms with E-state index in [1.54, 1.807) is 0 Å². The lowest BCUT2D eigenvalue weighted by Gasteiger charge is -2.37. The van der Waals surface area contributed by atoms with Crippen LogP contribution < -0.4 is 5.32 Å². The third-order valence-electron chi connectivity index (χ3n) is 3.37. The molecule has 1 aliphatic rings. The van der Waals surface area contributed by atoms with Crippen molar-refractivity contribution in [1.82, 2.24) is 5.32 Å². The molecule has 9 heteroatoms. The highest BCUT2D eigenvalue weighted by Gasteiger charge is 2.37. The highest BCUT2D eigenvalue weighted by Crippen LogP contribution is 2.20. The third kappa shape index (κ3) is 7.50. The van der Waals surface area contributed by atoms with Gasteiger partial charge in [-0.15, -0.1) is 0 Å². The van der Waals surface area contributed by atoms with Crippen molar-refractivity contribution in [1.29, 1.82) is 0 Å². The van der Waals surface area contributed by atoms with E-state index >= 15 is 0 Å². The number of hydrogen-bond donors (Lipinski definition) is 4. The van der Waals surface area contributed by atoms with Gasteiger partial charge < -0.3 is 20.3 Å². The molecule has 0 aromatic rings. The minimum atomic E-state index is -4.55. The fraction of sp³-hybridized carbons (Fsp3) is 1.00. The predicted octanol–water partition coefficient (Wildman–Crippen LogP) is -0.187. The van der Waals surface area contributed by atoms with Gasteiger partial charge in [-0.2, -0.15) is 8.42 Å². The molecule has 0 bridgehead atoms. The highest BCUT2D eigenvalue weighted by molar-refractivity contribution is 7.80. The second kappa shape index (κ2) is 8.99. The van der Waals surface area contributed by atoms with Crippen molar-refractivity contribution in [2.75, 3.05) is 13.2 Å². The average Bonchev–Trinajstić information content (AvgIpc) is 2.38. The lowest BCUT2D eigenvalue weighted by Crippen LogP contribution is -2.56. The number of aliphatic hydroxyl groups excluding tert-OH is 2. The SMILES string of the molecule is CCCCCCNC1C(O)CC(COS(=O)(=O)O)OC1O. The van der Waals surface area contributed by atoms with E-state index < -0.39 is 41.5 Å². The van der Waals surface area contributed by atoms with Gasteiger partial charge in [-0.1, -0.05) is 26.2 Å². The van der Waals surface area contributed by atoms with Gasteiger partial charge in [-0.25, -0.2) is 4.18 Å². The lowest BCUT2D eigenvalue weighted by atomic mass is 10.00. The third-order valence-corrected chi connectivity index (χ3v) is 3.81. The standard InChI is InChI=1S/C12H25NO7S/c1-2-3-4-5-6-13-11-10(14)7-9(20-12(11)15)8-19-21(16,17)18/h9-15H,2-8H2,1H3,(H,16,17,18). The molecule has 1 heterocycles. The number of unbranched alkanes of at least 4 members (excludes halogenated alkanes) is 3. The zero-order valence-corrected chi connectivity index (χ0v) is 13.0. The minimum absolute atomic E-state index is 0.110. The van der Waals surface area contributed by atoms with Gasteiger partial charge >= 0.3 is 10.4 Å². The molecule has 0 aromatic heterocycles. The molecule has 1 fully saturated rings. The first kappa shape index (κ1) is 18.8. The van der Waals surface area contributed by atoms with Gasteiger partial charge in [0, 0.05) is 6.42 Å². The Bertz CT molecular complexity index is 377. The number of hydrogen-bond acceptors (Lipinski definition) is 7. The summed E-state index contributed by atoms with van der Waals surface area (Å²) in [5.74, 6) is 0. The normalized spacial score (nSPS) is 30.5. The van der Waals surface area contributed by atoms with Crippen LogP contribution in [0.2, 0.25) is 0 Å². The van der Waals surface area contributed by atoms with Crippen LogP contribution in [-0.2, 0) is 19.3 Å². The predicted molar refractivity (Wildman–Crippen MR) is 74.9 cm³/mol. The molecule has 21 heavy (non-hydrogen) atoms. The summed E-state index contributed by atoms with van der Waals surface area (Å²) in [4.78, 5) is 0. The Morgan fingerprint density at radius 1 is 1.29 bits per heavy atom. The molecule has 4 unspecified atom stereocenters. The van der Waals surface area contributed by atoms with Gasteiger partial charge in [0.1, 0.15) is 0 Å². The number of ether oxygens (including phenoxy) is 1. The van der Waals surface area contributed by atoms with E-state index in [1.807, 2.05) is 0 Å². The van der Waals surface area contributed by atoms with Crippen molar-refractivity contribution in [3.63, 3.8) is 0 Å². The molecule has 1 aliphatic heterocycles. The van der Waals surface area contributed by atoms with Crippen LogP contribution in [0.3, 0.4) is 0 Å². The smallest absolute Gasteiger partial charge is 0.391 e. The Morgan fingerprint density at radius 3 is 2.57 bits per heavy atom. The van der Waals surface area contributed by atoms with E-state index in [0.29, 0.717) is 6.54 Å². The molecule has 0 saturated carbocycles. The second-order valence-corrected chi connectivity index (χ2v) is 6.30. The lowest BCUT2D eigenvalue weighted by molar-refractivity contribution is -0.212. The van der Waals surface area contributed by atoms with E-state index in [1.165, 1.54) is 0 Å². The van der Waals surface area contributed by atoms with Crippen LogP contribution in [0.15, 0.2) is 0 Å². The largest absolute Gasteiger partial charge is 0.397 e. The van der Waals surface area contributed by atoms with E-state index in [9.17, 15) is 18.6 Å². The maximum absolute atomic E-state index is 10.5. The van der Waals surface area contributed by atoms with E-state index in [0.717, 1.165) is 25.7 Å². The quantitative estimate of drug-likeness (QED) is 0.339. The van der Waals surface area contributed by atoms with Crippen LogP contribution in [0.25, 0.3) is 0 Å². The molecule has 8 nitrogen and oxygen atoms in total. The van der Waals surface area contributed by atoms with Crippen LogP contribution >= 0.6 is 0 Å². The Morgan fingerprint density at radius 2 is 2.00 bits per heavy atom. The molecular formula is C12H25NO7S. The maximum Gasteiger partial charge on any atom is 0.397 e. The molecule has 0 spiro atoms. The minimum Gasteiger partial charge on any atom is -0.391 e. The van der Waals surface area contributed by atoms with Gasteiger partial charge in [-0.3, -0.25) is 4.55 Å². The molecule has 126 valence electrons. The summed E-state index contributed by atoms with van der Waals surface area (Å²) in [6.45, 7) is 2.33. The van der Waals surface area contributed by atoms with E-state index in [-0.39, 0.29) is 6.42 Å². The van der Waals surface area contributed by atoms with Crippen LogP contribution in [-0.4, -0.2) is 60.9 Å². The molecule has 4 N–H and O–H groups in total. The summed E-state index contributed by atoms with van der Waals surface area (Å²) in [5.41, 5.74) is 0. The summed E-state index contributed by atoms with van der Waals surface area (Å²) >= 11 is 0. The maximum atomic E-state index is 10.5. The van der Waals surface area contributed by atoms with Crippen LogP contribution in [0.4, 0.5) is 0 Å². The second-order valence-electron chi connectivity index (χ2n) is 5.20. The van der Waals surface area contributed by atoms with Crippen LogP contribution in [0.1, 0.15) is 39.0 Å². The Hall–Kier alpha value is -0.290. The molecule has 0 aliphatic carbocycles. The van der Waals surface area contributed by atoms with Crippen molar-refractivity contribution in [2.24, 2.45) is 0 Å². The van der Waals surface area contributed by atoms with Crippen molar-refractivity contribution in [3.05, 3.63) is 0 Å². The summed E-state index contributed by atoms with van der Waals surface area (Å²) in [5, 5.41) is 22.8. The first-order valence-corrected chi connectivity index (χ1v) is 8.56. The Kier molecular flexibility index (Phi) is 8.03. The first-order chi connectivity index (χ1) is 9.83. The van der Waals surface area contributed by atoms with Crippen molar-refractivity contribution in [3.8, 4) is 0 Å². The first-order valence-electron chi connectivity index (χ1n) is 7.20. The molecule has 0 radical (unpaired) electrons. The van der Waals surface area contributed by atoms with E-state index in [2.05, 4.69) is 16.4 Å². The Balaban J connectivity index is 2.32. The highest BCUT2D eigenvalue weighted by atomic mass is 32.3. The molecule has 0 amide bonds. The molecule has 4 atom stereocenters. The average molecular weight is 327 g/mol. The number of aliphatic hydroxyl groups is 2. The van der Waals surface area contributed by atoms with Gasteiger partial charge in [0.05, 0.1) is 24.9 Å². The molecule has 1 saturated heterocycles. The van der Waals surface area contributed by atoms with Gasteiger partial charge in [0.15, 0.2) is 6.29 Å². The topological polar surface area (TPSA) is 125 Å². The van der Waals surface area contributed by atoms with Gasteiger partial charge in [-0.05, 0) is 13.0 Å². The molecule has 1 rings (SSSR count). The molecule has 0 aromatic carbocycles. The number of nitrogens with one attached hydrogen (secondary N) is 1. The van der Waals surface area contributed by atoms with Crippen molar-refractivity contribution in [2.45, 2.75) is 63.6 Å². The van der Waals surface area contributed by atoms with Crippen LogP contribution in [0.5, 0.6) is 0 Å². The van der Waals surface area contributed by atoms with Crippen molar-refractivity contribution >= 4 is 10.4 Å². The van der Waals surface area contributed by atoms with Gasteiger partial charge in [0.25, 0.3) is 0 Å². The molecular weight excluding hydrogens is 302 g/mol.